The van der Waals surface area contributed by atoms with Crippen LogP contribution in [0.3, 0.4) is 0 Å². The van der Waals surface area contributed by atoms with Crippen molar-refractivity contribution in [3.05, 3.63) is 56.7 Å². The van der Waals surface area contributed by atoms with Crippen molar-refractivity contribution in [1.29, 1.82) is 0 Å². The highest BCUT2D eigenvalue weighted by atomic mass is 127. The quantitative estimate of drug-likeness (QED) is 0.442. The van der Waals surface area contributed by atoms with E-state index in [1.165, 1.54) is 3.57 Å². The molecule has 1 fully saturated rings. The number of hydrogen-bond acceptors (Lipinski definition) is 5. The Morgan fingerprint density at radius 3 is 2.47 bits per heavy atom. The Kier molecular flexibility index (Phi) is 8.50. The lowest BCUT2D eigenvalue weighted by Crippen LogP contribution is -2.47. The van der Waals surface area contributed by atoms with E-state index in [4.69, 9.17) is 10.8 Å². The molecule has 30 heavy (non-hydrogen) atoms. The van der Waals surface area contributed by atoms with Crippen LogP contribution in [0.15, 0.2) is 36.4 Å². The number of primary amides is 1. The van der Waals surface area contributed by atoms with Crippen molar-refractivity contribution in [2.24, 2.45) is 5.73 Å². The molecule has 1 aliphatic heterocycles. The lowest BCUT2D eigenvalue weighted by molar-refractivity contribution is 0.100. The van der Waals surface area contributed by atoms with Crippen LogP contribution in [0.4, 0.5) is 11.4 Å². The van der Waals surface area contributed by atoms with Crippen LogP contribution in [-0.4, -0.2) is 66.7 Å². The summed E-state index contributed by atoms with van der Waals surface area (Å²) in [6, 6.07) is 12.0. The van der Waals surface area contributed by atoms with Crippen LogP contribution in [-0.2, 0) is 6.42 Å². The summed E-state index contributed by atoms with van der Waals surface area (Å²) in [4.78, 5) is 16.8. The van der Waals surface area contributed by atoms with Gasteiger partial charge in [-0.2, -0.15) is 0 Å². The minimum atomic E-state index is -0.414. The normalized spacial score (nSPS) is 15.3. The van der Waals surface area contributed by atoms with E-state index in [0.29, 0.717) is 5.56 Å². The van der Waals surface area contributed by atoms with Gasteiger partial charge in [-0.15, -0.1) is 0 Å². The van der Waals surface area contributed by atoms with Crippen molar-refractivity contribution < 1.29 is 9.90 Å². The molecule has 6 nitrogen and oxygen atoms in total. The number of aliphatic hydroxyl groups is 1. The number of nitrogens with zero attached hydrogens (tertiary/aromatic N) is 2. The number of nitrogens with two attached hydrogens (primary N) is 1. The molecule has 7 heteroatoms. The van der Waals surface area contributed by atoms with Crippen molar-refractivity contribution >= 4 is 39.9 Å². The monoisotopic (exact) mass is 522 g/mol. The summed E-state index contributed by atoms with van der Waals surface area (Å²) in [6.07, 6.45) is 1.90. The van der Waals surface area contributed by atoms with E-state index in [2.05, 4.69) is 62.8 Å². The number of anilines is 2. The molecule has 1 amide bonds. The largest absolute Gasteiger partial charge is 0.395 e. The maximum Gasteiger partial charge on any atom is 0.250 e. The molecule has 0 radical (unpaired) electrons. The number of carbonyl (C=O) groups is 1. The van der Waals surface area contributed by atoms with Gasteiger partial charge in [0.25, 0.3) is 5.91 Å². The van der Waals surface area contributed by atoms with E-state index in [9.17, 15) is 4.79 Å². The van der Waals surface area contributed by atoms with Crippen LogP contribution >= 0.6 is 22.6 Å². The molecule has 0 spiro atoms. The van der Waals surface area contributed by atoms with Crippen LogP contribution in [0.1, 0.15) is 27.9 Å². The SMILES string of the molecule is Cc1cc(I)ccc1Nc1c(CCCN2CCN(CCO)CC2)cccc1C(N)=O. The van der Waals surface area contributed by atoms with Crippen LogP contribution in [0, 0.1) is 10.5 Å². The molecule has 1 saturated heterocycles. The molecule has 2 aromatic rings. The maximum atomic E-state index is 12.1. The lowest BCUT2D eigenvalue weighted by Gasteiger charge is -2.34. The van der Waals surface area contributed by atoms with Crippen molar-refractivity contribution in [1.82, 2.24) is 9.80 Å². The summed E-state index contributed by atoms with van der Waals surface area (Å²) in [5.41, 5.74) is 10.3. The average Bonchev–Trinajstić information content (AvgIpc) is 2.72. The number of piperazine rings is 1. The second-order valence-electron chi connectivity index (χ2n) is 7.80. The van der Waals surface area contributed by atoms with Crippen LogP contribution < -0.4 is 11.1 Å². The molecule has 0 aliphatic carbocycles. The molecule has 4 N–H and O–H groups in total. The highest BCUT2D eigenvalue weighted by molar-refractivity contribution is 14.1. The second kappa shape index (κ2) is 11.1. The van der Waals surface area contributed by atoms with Crippen LogP contribution in [0.2, 0.25) is 0 Å². The van der Waals surface area contributed by atoms with Gasteiger partial charge in [-0.3, -0.25) is 9.69 Å². The third kappa shape index (κ3) is 6.16. The number of β-amino-alcohol motifs (C(OH)–C–C–N with tert-alkyl or cyclic N) is 1. The predicted molar refractivity (Wildman–Crippen MR) is 130 cm³/mol. The molecule has 0 saturated carbocycles. The number of amides is 1. The molecule has 0 unspecified atom stereocenters. The summed E-state index contributed by atoms with van der Waals surface area (Å²) in [5, 5.41) is 12.6. The van der Waals surface area contributed by atoms with Crippen LogP contribution in [0.25, 0.3) is 0 Å². The topological polar surface area (TPSA) is 81.8 Å². The Morgan fingerprint density at radius 2 is 1.83 bits per heavy atom. The van der Waals surface area contributed by atoms with E-state index in [0.717, 1.165) is 74.6 Å². The van der Waals surface area contributed by atoms with E-state index in [-0.39, 0.29) is 6.61 Å². The van der Waals surface area contributed by atoms with Gasteiger partial charge in [-0.05, 0) is 84.3 Å². The zero-order chi connectivity index (χ0) is 21.5. The number of hydrogen-bond donors (Lipinski definition) is 3. The van der Waals surface area contributed by atoms with Gasteiger partial charge in [-0.25, -0.2) is 0 Å². The minimum Gasteiger partial charge on any atom is -0.395 e. The molecule has 2 aromatic carbocycles. The van der Waals surface area contributed by atoms with Crippen molar-refractivity contribution in [3.8, 4) is 0 Å². The van der Waals surface area contributed by atoms with E-state index in [1.807, 2.05) is 12.1 Å². The first-order chi connectivity index (χ1) is 14.5. The third-order valence-corrected chi connectivity index (χ3v) is 6.34. The Bertz CT molecular complexity index is 866. The van der Waals surface area contributed by atoms with Crippen molar-refractivity contribution in [3.63, 3.8) is 0 Å². The molecule has 3 rings (SSSR count). The number of benzene rings is 2. The van der Waals surface area contributed by atoms with Gasteiger partial charge in [0.15, 0.2) is 0 Å². The van der Waals surface area contributed by atoms with Gasteiger partial charge in [0.1, 0.15) is 0 Å². The van der Waals surface area contributed by atoms with Gasteiger partial charge in [0, 0.05) is 42.0 Å². The van der Waals surface area contributed by atoms with E-state index < -0.39 is 5.91 Å². The summed E-state index contributed by atoms with van der Waals surface area (Å²) in [7, 11) is 0. The van der Waals surface area contributed by atoms with Gasteiger partial charge in [-0.1, -0.05) is 12.1 Å². The number of aryl methyl sites for hydroxylation is 2. The molecule has 1 heterocycles. The number of rotatable bonds is 9. The molecule has 1 aliphatic rings. The number of para-hydroxylation sites is 1. The summed E-state index contributed by atoms with van der Waals surface area (Å²) in [5.74, 6) is -0.414. The lowest BCUT2D eigenvalue weighted by atomic mass is 10.0. The fourth-order valence-electron chi connectivity index (χ4n) is 3.93. The molecule has 0 atom stereocenters. The van der Waals surface area contributed by atoms with Crippen molar-refractivity contribution in [2.75, 3.05) is 51.2 Å². The third-order valence-electron chi connectivity index (χ3n) is 5.67. The molecule has 162 valence electrons. The molecule has 0 bridgehead atoms. The van der Waals surface area contributed by atoms with Gasteiger partial charge in [0.2, 0.25) is 0 Å². The van der Waals surface area contributed by atoms with E-state index in [1.54, 1.807) is 6.07 Å². The summed E-state index contributed by atoms with van der Waals surface area (Å²) in [6.45, 7) is 8.17. The Hall–Kier alpha value is -1.68. The van der Waals surface area contributed by atoms with Gasteiger partial charge < -0.3 is 21.1 Å². The predicted octanol–water partition coefficient (Wildman–Crippen LogP) is 2.98. The fraction of sp³-hybridized carbons (Fsp3) is 0.435. The number of carbonyl (C=O) groups excluding carboxylic acids is 1. The first kappa shape index (κ1) is 23.0. The van der Waals surface area contributed by atoms with Gasteiger partial charge in [0.05, 0.1) is 17.9 Å². The molecular weight excluding hydrogens is 491 g/mol. The standard InChI is InChI=1S/C23H31IN4O2/c1-17-16-19(24)7-8-21(17)26-22-18(4-2-6-20(22)23(25)30)5-3-9-27-10-12-28(13-11-27)14-15-29/h2,4,6-8,16,26,29H,3,5,9-15H2,1H3,(H2,25,30). The molecule has 0 aromatic heterocycles. The number of halogens is 1. The Balaban J connectivity index is 1.67. The minimum absolute atomic E-state index is 0.228. The second-order valence-corrected chi connectivity index (χ2v) is 9.04. The number of aliphatic hydroxyl groups excluding tert-OH is 1. The Morgan fingerprint density at radius 1 is 1.13 bits per heavy atom. The first-order valence-corrected chi connectivity index (χ1v) is 11.6. The maximum absolute atomic E-state index is 12.1. The van der Waals surface area contributed by atoms with Crippen LogP contribution in [0.5, 0.6) is 0 Å². The first-order valence-electron chi connectivity index (χ1n) is 10.5. The smallest absolute Gasteiger partial charge is 0.250 e. The molecular formula is C23H31IN4O2. The highest BCUT2D eigenvalue weighted by Crippen LogP contribution is 2.29. The van der Waals surface area contributed by atoms with Crippen molar-refractivity contribution in [2.45, 2.75) is 19.8 Å². The van der Waals surface area contributed by atoms with E-state index >= 15 is 0 Å². The van der Waals surface area contributed by atoms with Gasteiger partial charge >= 0.3 is 0 Å². The zero-order valence-corrected chi connectivity index (χ0v) is 19.7. The Labute approximate surface area is 192 Å². The summed E-state index contributed by atoms with van der Waals surface area (Å²) >= 11 is 2.30. The number of nitrogens with one attached hydrogen (secondary N) is 1. The fourth-order valence-corrected chi connectivity index (χ4v) is 4.58. The zero-order valence-electron chi connectivity index (χ0n) is 17.5. The summed E-state index contributed by atoms with van der Waals surface area (Å²) < 4.78 is 1.18. The highest BCUT2D eigenvalue weighted by Gasteiger charge is 2.17. The average molecular weight is 522 g/mol.